The minimum Gasteiger partial charge on any atom is -0.241 e. The van der Waals surface area contributed by atoms with E-state index in [1.807, 2.05) is 12.1 Å². The van der Waals surface area contributed by atoms with Crippen LogP contribution in [0.4, 0.5) is 0 Å². The van der Waals surface area contributed by atoms with E-state index >= 15 is 0 Å². The van der Waals surface area contributed by atoms with Crippen molar-refractivity contribution in [1.29, 1.82) is 5.26 Å². The van der Waals surface area contributed by atoms with Crippen molar-refractivity contribution in [3.05, 3.63) is 52.9 Å². The van der Waals surface area contributed by atoms with Crippen molar-refractivity contribution in [1.82, 2.24) is 4.98 Å². The summed E-state index contributed by atoms with van der Waals surface area (Å²) in [4.78, 5) is 4.59. The van der Waals surface area contributed by atoms with Crippen molar-refractivity contribution in [2.75, 3.05) is 0 Å². The molecule has 0 saturated heterocycles. The van der Waals surface area contributed by atoms with E-state index in [1.165, 1.54) is 10.8 Å². The molecule has 3 aromatic rings. The lowest BCUT2D eigenvalue weighted by molar-refractivity contribution is 0.991. The van der Waals surface area contributed by atoms with Crippen LogP contribution in [0.3, 0.4) is 0 Å². The van der Waals surface area contributed by atoms with Gasteiger partial charge in [-0.3, -0.25) is 0 Å². The zero-order valence-corrected chi connectivity index (χ0v) is 11.2. The second-order valence-electron chi connectivity index (χ2n) is 4.35. The van der Waals surface area contributed by atoms with E-state index in [1.54, 1.807) is 11.3 Å². The molecule has 0 aliphatic heterocycles. The largest absolute Gasteiger partial charge is 0.241 e. The molecule has 0 bridgehead atoms. The maximum absolute atomic E-state index is 8.60. The number of hydrogen-bond donors (Lipinski definition) is 0. The molecule has 2 aromatic carbocycles. The number of nitriles is 1. The third-order valence-corrected chi connectivity index (χ3v) is 3.96. The number of hydrogen-bond acceptors (Lipinski definition) is 3. The van der Waals surface area contributed by atoms with Crippen molar-refractivity contribution >= 4 is 22.1 Å². The van der Waals surface area contributed by atoms with Crippen molar-refractivity contribution < 1.29 is 0 Å². The van der Waals surface area contributed by atoms with Crippen LogP contribution in [0.15, 0.2) is 47.8 Å². The quantitative estimate of drug-likeness (QED) is 0.702. The first kappa shape index (κ1) is 11.9. The van der Waals surface area contributed by atoms with Crippen LogP contribution in [-0.2, 0) is 6.42 Å². The topological polar surface area (TPSA) is 36.7 Å². The Labute approximate surface area is 116 Å². The smallest absolute Gasteiger partial charge is 0.0942 e. The molecule has 0 amide bonds. The molecule has 1 heterocycles. The van der Waals surface area contributed by atoms with Gasteiger partial charge in [0, 0.05) is 23.8 Å². The van der Waals surface area contributed by atoms with Crippen molar-refractivity contribution in [2.45, 2.75) is 12.8 Å². The van der Waals surface area contributed by atoms with Crippen LogP contribution < -0.4 is 0 Å². The molecule has 0 aliphatic carbocycles. The highest BCUT2D eigenvalue weighted by Gasteiger charge is 2.05. The molecule has 0 spiro atoms. The average Bonchev–Trinajstić information content (AvgIpc) is 2.93. The highest BCUT2D eigenvalue weighted by Crippen LogP contribution is 2.26. The van der Waals surface area contributed by atoms with Crippen LogP contribution in [-0.4, -0.2) is 4.98 Å². The zero-order chi connectivity index (χ0) is 13.1. The molecular formula is C16H12N2S. The number of rotatable bonds is 3. The number of fused-ring (bicyclic) bond motifs is 1. The van der Waals surface area contributed by atoms with Crippen molar-refractivity contribution in [2.24, 2.45) is 0 Å². The van der Waals surface area contributed by atoms with Gasteiger partial charge in [0.25, 0.3) is 0 Å². The van der Waals surface area contributed by atoms with Crippen LogP contribution in [0, 0.1) is 11.3 Å². The molecule has 0 atom stereocenters. The Hall–Kier alpha value is -2.18. The first-order chi connectivity index (χ1) is 9.36. The average molecular weight is 264 g/mol. The SMILES string of the molecule is N#CCCc1nc(-c2ccc3ccccc3c2)cs1. The van der Waals surface area contributed by atoms with Gasteiger partial charge < -0.3 is 0 Å². The van der Waals surface area contributed by atoms with E-state index in [-0.39, 0.29) is 0 Å². The Morgan fingerprint density at radius 1 is 1.11 bits per heavy atom. The third-order valence-electron chi connectivity index (χ3n) is 3.05. The molecule has 0 N–H and O–H groups in total. The third kappa shape index (κ3) is 2.49. The number of thiazole rings is 1. The maximum Gasteiger partial charge on any atom is 0.0942 e. The van der Waals surface area contributed by atoms with Gasteiger partial charge in [0.2, 0.25) is 0 Å². The molecule has 0 saturated carbocycles. The van der Waals surface area contributed by atoms with Gasteiger partial charge in [-0.15, -0.1) is 11.3 Å². The van der Waals surface area contributed by atoms with Crippen LogP contribution >= 0.6 is 11.3 Å². The molecule has 0 fully saturated rings. The number of aromatic nitrogens is 1. The monoisotopic (exact) mass is 264 g/mol. The Bertz CT molecular complexity index is 753. The molecule has 19 heavy (non-hydrogen) atoms. The molecule has 0 unspecified atom stereocenters. The van der Waals surface area contributed by atoms with Gasteiger partial charge in [0.1, 0.15) is 0 Å². The lowest BCUT2D eigenvalue weighted by atomic mass is 10.1. The maximum atomic E-state index is 8.60. The van der Waals surface area contributed by atoms with Gasteiger partial charge in [-0.1, -0.05) is 36.4 Å². The predicted octanol–water partition coefficient (Wildman–Crippen LogP) is 4.42. The summed E-state index contributed by atoms with van der Waals surface area (Å²) in [6.07, 6.45) is 1.28. The Morgan fingerprint density at radius 2 is 1.95 bits per heavy atom. The molecule has 2 nitrogen and oxygen atoms in total. The summed E-state index contributed by atoms with van der Waals surface area (Å²) in [5.41, 5.74) is 2.14. The molecular weight excluding hydrogens is 252 g/mol. The van der Waals surface area contributed by atoms with E-state index in [9.17, 15) is 0 Å². The van der Waals surface area contributed by atoms with Gasteiger partial charge in [0.05, 0.1) is 16.8 Å². The molecule has 0 aliphatic rings. The summed E-state index contributed by atoms with van der Waals surface area (Å²) >= 11 is 1.63. The molecule has 1 aromatic heterocycles. The zero-order valence-electron chi connectivity index (χ0n) is 10.3. The first-order valence-corrected chi connectivity index (χ1v) is 7.05. The summed E-state index contributed by atoms with van der Waals surface area (Å²) in [7, 11) is 0. The highest BCUT2D eigenvalue weighted by molar-refractivity contribution is 7.09. The van der Waals surface area contributed by atoms with Gasteiger partial charge in [-0.05, 0) is 16.8 Å². The van der Waals surface area contributed by atoms with Gasteiger partial charge in [0.15, 0.2) is 0 Å². The minimum absolute atomic E-state index is 0.532. The number of nitrogens with zero attached hydrogens (tertiary/aromatic N) is 2. The molecule has 92 valence electrons. The van der Waals surface area contributed by atoms with E-state index in [2.05, 4.69) is 46.8 Å². The minimum atomic E-state index is 0.532. The van der Waals surface area contributed by atoms with Crippen LogP contribution in [0.1, 0.15) is 11.4 Å². The molecule has 3 rings (SSSR count). The van der Waals surface area contributed by atoms with Gasteiger partial charge >= 0.3 is 0 Å². The van der Waals surface area contributed by atoms with Crippen LogP contribution in [0.2, 0.25) is 0 Å². The molecule has 3 heteroatoms. The Balaban J connectivity index is 1.95. The van der Waals surface area contributed by atoms with Gasteiger partial charge in [-0.2, -0.15) is 5.26 Å². The first-order valence-electron chi connectivity index (χ1n) is 6.17. The fourth-order valence-electron chi connectivity index (χ4n) is 2.07. The fourth-order valence-corrected chi connectivity index (χ4v) is 2.88. The predicted molar refractivity (Wildman–Crippen MR) is 79.0 cm³/mol. The summed E-state index contributed by atoms with van der Waals surface area (Å²) in [6.45, 7) is 0. The fraction of sp³-hybridized carbons (Fsp3) is 0.125. The van der Waals surface area contributed by atoms with E-state index in [4.69, 9.17) is 5.26 Å². The summed E-state index contributed by atoms with van der Waals surface area (Å²) in [5.74, 6) is 0. The normalized spacial score (nSPS) is 10.5. The van der Waals surface area contributed by atoms with Crippen molar-refractivity contribution in [3.8, 4) is 17.3 Å². The van der Waals surface area contributed by atoms with Gasteiger partial charge in [-0.25, -0.2) is 4.98 Å². The van der Waals surface area contributed by atoms with E-state index in [0.717, 1.165) is 22.7 Å². The van der Waals surface area contributed by atoms with E-state index in [0.29, 0.717) is 6.42 Å². The van der Waals surface area contributed by atoms with Crippen LogP contribution in [0.25, 0.3) is 22.0 Å². The highest BCUT2D eigenvalue weighted by atomic mass is 32.1. The van der Waals surface area contributed by atoms with Crippen LogP contribution in [0.5, 0.6) is 0 Å². The lowest BCUT2D eigenvalue weighted by Gasteiger charge is -2.00. The summed E-state index contributed by atoms with van der Waals surface area (Å²) in [5, 5.41) is 14.2. The number of benzene rings is 2. The second-order valence-corrected chi connectivity index (χ2v) is 5.29. The summed E-state index contributed by atoms with van der Waals surface area (Å²) in [6, 6.07) is 16.9. The standard InChI is InChI=1S/C16H12N2S/c17-9-3-6-16-18-15(11-19-16)14-8-7-12-4-1-2-5-13(12)10-14/h1-2,4-5,7-8,10-11H,3,6H2. The summed E-state index contributed by atoms with van der Waals surface area (Å²) < 4.78 is 0. The Kier molecular flexibility index (Phi) is 3.26. The molecule has 0 radical (unpaired) electrons. The Morgan fingerprint density at radius 3 is 2.79 bits per heavy atom. The lowest BCUT2D eigenvalue weighted by Crippen LogP contribution is -1.83. The van der Waals surface area contributed by atoms with E-state index < -0.39 is 0 Å². The van der Waals surface area contributed by atoms with Crippen molar-refractivity contribution in [3.63, 3.8) is 0 Å². The number of aryl methyl sites for hydroxylation is 1. The second kappa shape index (κ2) is 5.21.